The SMILES string of the molecule is C/C=S1/NC(=O)c2ccc3c(C4CCCCC4)c4n(c3c2)CC(=Cc2cc(OC)ccc2-4)C(=O)N(C)CCOCCN1C. The Hall–Kier alpha value is -3.40. The number of ether oxygens (including phenoxy) is 2. The standard InChI is InChI=1S/C34H42N4O4S/c1-5-43-35-33(39)24-11-13-29-30(21-24)38-22-26(34(40)36(2)15-17-42-18-16-37(43)3)19-25-20-27(41-4)12-14-28(25)32(38)31(29)23-9-7-6-8-10-23/h5,11-14,19-21,23H,6-10,15-18,22H2,1-4H3,(H,35,39). The highest BCUT2D eigenvalue weighted by atomic mass is 32.2. The molecule has 2 aliphatic heterocycles. The molecule has 3 aliphatic rings. The number of rotatable bonds is 2. The van der Waals surface area contributed by atoms with Crippen LogP contribution in [0.5, 0.6) is 5.75 Å². The number of hydrogen-bond acceptors (Lipinski definition) is 5. The zero-order valence-corrected chi connectivity index (χ0v) is 26.5. The molecule has 1 aromatic heterocycles. The van der Waals surface area contributed by atoms with Gasteiger partial charge in [-0.3, -0.25) is 14.3 Å². The largest absolute Gasteiger partial charge is 0.497 e. The van der Waals surface area contributed by atoms with Crippen LogP contribution in [0.15, 0.2) is 42.0 Å². The number of hydrogen-bond donors (Lipinski definition) is 1. The minimum Gasteiger partial charge on any atom is -0.497 e. The number of benzene rings is 2. The highest BCUT2D eigenvalue weighted by molar-refractivity contribution is 8.11. The van der Waals surface area contributed by atoms with Crippen LogP contribution in [-0.4, -0.2) is 78.5 Å². The fourth-order valence-electron chi connectivity index (χ4n) is 6.72. The zero-order valence-electron chi connectivity index (χ0n) is 25.7. The molecule has 1 atom stereocenters. The first-order valence-corrected chi connectivity index (χ1v) is 16.6. The van der Waals surface area contributed by atoms with Gasteiger partial charge in [-0.2, -0.15) is 0 Å². The van der Waals surface area contributed by atoms with Crippen LogP contribution in [0.25, 0.3) is 28.2 Å². The number of carbonyl (C=O) groups is 2. The van der Waals surface area contributed by atoms with Crippen LogP contribution >= 0.6 is 10.9 Å². The van der Waals surface area contributed by atoms with Crippen LogP contribution in [0.4, 0.5) is 0 Å². The molecule has 1 fully saturated rings. The minimum absolute atomic E-state index is 0.0243. The van der Waals surface area contributed by atoms with Crippen LogP contribution in [0.3, 0.4) is 0 Å². The Morgan fingerprint density at radius 3 is 2.58 bits per heavy atom. The maximum atomic E-state index is 14.0. The minimum atomic E-state index is -0.552. The summed E-state index contributed by atoms with van der Waals surface area (Å²) in [4.78, 5) is 29.4. The Kier molecular flexibility index (Phi) is 8.75. The fraction of sp³-hybridized carbons (Fsp3) is 0.441. The van der Waals surface area contributed by atoms with Gasteiger partial charge in [-0.25, -0.2) is 4.31 Å². The predicted molar refractivity (Wildman–Crippen MR) is 176 cm³/mol. The maximum Gasteiger partial charge on any atom is 0.261 e. The van der Waals surface area contributed by atoms with Crippen molar-refractivity contribution in [3.8, 4) is 17.0 Å². The Balaban J connectivity index is 1.59. The molecule has 3 heterocycles. The average Bonchev–Trinajstić information content (AvgIpc) is 3.24. The van der Waals surface area contributed by atoms with Gasteiger partial charge in [0.25, 0.3) is 11.8 Å². The van der Waals surface area contributed by atoms with E-state index in [0.29, 0.717) is 49.9 Å². The number of aromatic nitrogens is 1. The maximum absolute atomic E-state index is 14.0. The molecular weight excluding hydrogens is 560 g/mol. The molecule has 0 saturated heterocycles. The van der Waals surface area contributed by atoms with Crippen molar-refractivity contribution in [2.24, 2.45) is 0 Å². The number of methoxy groups -OCH3 is 1. The van der Waals surface area contributed by atoms with Gasteiger partial charge in [0.1, 0.15) is 5.75 Å². The Labute approximate surface area is 256 Å². The zero-order chi connectivity index (χ0) is 30.1. The molecule has 3 aromatic rings. The summed E-state index contributed by atoms with van der Waals surface area (Å²) in [5.41, 5.74) is 6.87. The summed E-state index contributed by atoms with van der Waals surface area (Å²) in [6.45, 7) is 4.48. The number of likely N-dealkylation sites (N-methyl/N-ethyl adjacent to an activating group) is 2. The number of fused-ring (bicyclic) bond motifs is 4. The van der Waals surface area contributed by atoms with E-state index in [1.807, 2.05) is 56.7 Å². The molecule has 9 heteroatoms. The third kappa shape index (κ3) is 5.78. The van der Waals surface area contributed by atoms with Gasteiger partial charge in [-0.05, 0) is 96.5 Å². The van der Waals surface area contributed by atoms with Crippen molar-refractivity contribution in [3.05, 3.63) is 58.7 Å². The first kappa shape index (κ1) is 29.7. The van der Waals surface area contributed by atoms with Crippen molar-refractivity contribution >= 4 is 45.0 Å². The molecule has 4 bridgehead atoms. The molecule has 228 valence electrons. The lowest BCUT2D eigenvalue weighted by atomic mass is 9.81. The third-order valence-electron chi connectivity index (χ3n) is 9.05. The van der Waals surface area contributed by atoms with Crippen LogP contribution < -0.4 is 9.46 Å². The van der Waals surface area contributed by atoms with Gasteiger partial charge in [-0.15, -0.1) is 0 Å². The fourth-order valence-corrected chi connectivity index (χ4v) is 7.94. The normalized spacial score (nSPS) is 21.1. The number of carbonyl (C=O) groups excluding carboxylic acids is 2. The molecule has 0 radical (unpaired) electrons. The summed E-state index contributed by atoms with van der Waals surface area (Å²) >= 11 is 0. The number of nitrogens with zero attached hydrogens (tertiary/aromatic N) is 3. The van der Waals surface area contributed by atoms with E-state index in [2.05, 4.69) is 25.7 Å². The molecule has 8 nitrogen and oxygen atoms in total. The molecule has 2 amide bonds. The second kappa shape index (κ2) is 12.7. The first-order chi connectivity index (χ1) is 20.9. The van der Waals surface area contributed by atoms with Crippen LogP contribution in [0, 0.1) is 0 Å². The van der Waals surface area contributed by atoms with Gasteiger partial charge >= 0.3 is 0 Å². The van der Waals surface area contributed by atoms with E-state index in [1.54, 1.807) is 12.0 Å². The lowest BCUT2D eigenvalue weighted by molar-refractivity contribution is -0.126. The van der Waals surface area contributed by atoms with E-state index in [1.165, 1.54) is 30.2 Å². The van der Waals surface area contributed by atoms with Gasteiger partial charge in [0.2, 0.25) is 0 Å². The molecule has 0 spiro atoms. The van der Waals surface area contributed by atoms with Gasteiger partial charge in [0, 0.05) is 47.7 Å². The quantitative estimate of drug-likeness (QED) is 0.374. The highest BCUT2D eigenvalue weighted by Crippen LogP contribution is 2.47. The van der Waals surface area contributed by atoms with Crippen molar-refractivity contribution in [1.82, 2.24) is 18.5 Å². The summed E-state index contributed by atoms with van der Waals surface area (Å²) in [6.07, 6.45) is 8.01. The van der Waals surface area contributed by atoms with E-state index < -0.39 is 10.9 Å². The van der Waals surface area contributed by atoms with Crippen LogP contribution in [-0.2, 0) is 16.1 Å². The first-order valence-electron chi connectivity index (χ1n) is 15.3. The summed E-state index contributed by atoms with van der Waals surface area (Å²) in [6, 6.07) is 12.3. The van der Waals surface area contributed by atoms with Crippen molar-refractivity contribution in [3.63, 3.8) is 0 Å². The Morgan fingerprint density at radius 1 is 1.02 bits per heavy atom. The van der Waals surface area contributed by atoms with E-state index in [9.17, 15) is 9.59 Å². The second-order valence-corrected chi connectivity index (χ2v) is 13.6. The molecule has 1 aliphatic carbocycles. The number of nitrogens with one attached hydrogen (secondary N) is 1. The summed E-state index contributed by atoms with van der Waals surface area (Å²) in [7, 11) is 4.95. The lowest BCUT2D eigenvalue weighted by Gasteiger charge is -2.24. The molecular formula is C34H42N4O4S. The van der Waals surface area contributed by atoms with Gasteiger partial charge in [0.15, 0.2) is 0 Å². The predicted octanol–water partition coefficient (Wildman–Crippen LogP) is 5.83. The average molecular weight is 603 g/mol. The third-order valence-corrected chi connectivity index (χ3v) is 10.7. The van der Waals surface area contributed by atoms with Crippen LogP contribution in [0.2, 0.25) is 0 Å². The molecule has 1 saturated carbocycles. The van der Waals surface area contributed by atoms with E-state index in [0.717, 1.165) is 40.9 Å². The van der Waals surface area contributed by atoms with E-state index in [-0.39, 0.29) is 11.8 Å². The lowest BCUT2D eigenvalue weighted by Crippen LogP contribution is -2.33. The van der Waals surface area contributed by atoms with E-state index in [4.69, 9.17) is 9.47 Å². The molecule has 1 N–H and O–H groups in total. The van der Waals surface area contributed by atoms with Crippen molar-refractivity contribution < 1.29 is 19.1 Å². The Morgan fingerprint density at radius 2 is 1.81 bits per heavy atom. The molecule has 6 rings (SSSR count). The molecule has 43 heavy (non-hydrogen) atoms. The summed E-state index contributed by atoms with van der Waals surface area (Å²) in [5.74, 6) is 1.05. The number of amides is 2. The summed E-state index contributed by atoms with van der Waals surface area (Å²) < 4.78 is 19.1. The molecule has 1 unspecified atom stereocenters. The van der Waals surface area contributed by atoms with Gasteiger partial charge in [0.05, 0.1) is 32.6 Å². The van der Waals surface area contributed by atoms with Gasteiger partial charge < -0.3 is 18.9 Å². The van der Waals surface area contributed by atoms with Crippen molar-refractivity contribution in [2.75, 3.05) is 47.5 Å². The van der Waals surface area contributed by atoms with Crippen molar-refractivity contribution in [2.45, 2.75) is 51.5 Å². The smallest absolute Gasteiger partial charge is 0.261 e. The van der Waals surface area contributed by atoms with Crippen molar-refractivity contribution in [1.29, 1.82) is 0 Å². The summed E-state index contributed by atoms with van der Waals surface area (Å²) in [5, 5.41) is 3.19. The molecule has 2 aromatic carbocycles. The van der Waals surface area contributed by atoms with E-state index >= 15 is 0 Å². The topological polar surface area (TPSA) is 76.0 Å². The Bertz CT molecular complexity index is 1620. The monoisotopic (exact) mass is 602 g/mol. The second-order valence-electron chi connectivity index (χ2n) is 11.7. The van der Waals surface area contributed by atoms with Crippen LogP contribution in [0.1, 0.15) is 66.4 Å². The highest BCUT2D eigenvalue weighted by Gasteiger charge is 2.31. The van der Waals surface area contributed by atoms with Gasteiger partial charge in [-0.1, -0.05) is 25.3 Å².